The number of likely N-dealkylation sites (N-methyl/N-ethyl adjacent to an activating group) is 1. The Morgan fingerprint density at radius 1 is 1.48 bits per heavy atom. The van der Waals surface area contributed by atoms with Crippen LogP contribution in [0.4, 0.5) is 0 Å². The molecule has 0 saturated carbocycles. The van der Waals surface area contributed by atoms with Crippen LogP contribution in [0.3, 0.4) is 0 Å². The number of rotatable bonds is 5. The third-order valence-corrected chi connectivity index (χ3v) is 2.49. The molecule has 0 unspecified atom stereocenters. The Labute approximate surface area is 129 Å². The lowest BCUT2D eigenvalue weighted by atomic mass is 10.0. The first-order chi connectivity index (χ1) is 10.2. The highest BCUT2D eigenvalue weighted by molar-refractivity contribution is 5.47. The Morgan fingerprint density at radius 2 is 2.00 bits per heavy atom. The summed E-state index contributed by atoms with van der Waals surface area (Å²) in [5.41, 5.74) is 5.67. The molecule has 0 aromatic rings. The van der Waals surface area contributed by atoms with Gasteiger partial charge in [-0.3, -0.25) is 9.63 Å². The van der Waals surface area contributed by atoms with Crippen LogP contribution in [0.2, 0.25) is 0 Å². The lowest BCUT2D eigenvalue weighted by molar-refractivity contribution is -0.179. The van der Waals surface area contributed by atoms with E-state index in [2.05, 4.69) is 23.3 Å². The van der Waals surface area contributed by atoms with Crippen molar-refractivity contribution in [3.8, 4) is 0 Å². The second-order valence-electron chi connectivity index (χ2n) is 3.73. The molecule has 0 radical (unpaired) electrons. The second kappa shape index (κ2) is 18.5. The molecule has 0 aromatic carbocycles. The zero-order chi connectivity index (χ0) is 17.3. The third kappa shape index (κ3) is 10.9. The third-order valence-electron chi connectivity index (χ3n) is 2.49. The fraction of sp³-hybridized carbons (Fsp3) is 0.600. The number of hydrogen-bond acceptors (Lipinski definition) is 5. The minimum Gasteiger partial charge on any atom is -0.333 e. The Morgan fingerprint density at radius 3 is 2.43 bits per heavy atom. The summed E-state index contributed by atoms with van der Waals surface area (Å²) in [5.74, 6) is 0. The monoisotopic (exact) mass is 301 g/mol. The fourth-order valence-corrected chi connectivity index (χ4v) is 1.56. The smallest absolute Gasteiger partial charge is 0.233 e. The molecule has 1 heterocycles. The van der Waals surface area contributed by atoms with Gasteiger partial charge in [0.2, 0.25) is 6.41 Å². The summed E-state index contributed by atoms with van der Waals surface area (Å²) in [5, 5.41) is 1.36. The quantitative estimate of drug-likeness (QED) is 0.470. The van der Waals surface area contributed by atoms with E-state index < -0.39 is 0 Å². The van der Waals surface area contributed by atoms with Crippen molar-refractivity contribution >= 4 is 13.2 Å². The van der Waals surface area contributed by atoms with Crippen molar-refractivity contribution in [3.63, 3.8) is 0 Å². The molecule has 1 atom stereocenters. The molecule has 124 valence electrons. The lowest BCUT2D eigenvalue weighted by Crippen LogP contribution is -2.45. The molecule has 0 saturated heterocycles. The number of carbonyl (C=O) groups excluding carboxylic acids is 2. The largest absolute Gasteiger partial charge is 0.333 e. The van der Waals surface area contributed by atoms with Crippen molar-refractivity contribution in [3.05, 3.63) is 24.3 Å². The molecule has 2 N–H and O–H groups in total. The van der Waals surface area contributed by atoms with Crippen molar-refractivity contribution in [1.29, 1.82) is 0 Å². The zero-order valence-electron chi connectivity index (χ0n) is 14.0. The van der Waals surface area contributed by atoms with E-state index in [4.69, 9.17) is 9.63 Å². The molecular formula is C15H31N3O3. The maximum atomic E-state index is 10.9. The molecule has 6 heteroatoms. The summed E-state index contributed by atoms with van der Waals surface area (Å²) >= 11 is 0. The molecule has 1 aliphatic heterocycles. The summed E-state index contributed by atoms with van der Waals surface area (Å²) in [7, 11) is 3.52. The highest BCUT2D eigenvalue weighted by Crippen LogP contribution is 2.15. The molecule has 6 nitrogen and oxygen atoms in total. The number of carbonyl (C=O) groups is 2. The molecule has 0 fully saturated rings. The van der Waals surface area contributed by atoms with Crippen LogP contribution < -0.4 is 5.73 Å². The fourth-order valence-electron chi connectivity index (χ4n) is 1.56. The summed E-state index contributed by atoms with van der Waals surface area (Å²) < 4.78 is 0. The zero-order valence-corrected chi connectivity index (χ0v) is 14.0. The van der Waals surface area contributed by atoms with Crippen LogP contribution >= 0.6 is 0 Å². The Balaban J connectivity index is -0.000000478. The average Bonchev–Trinajstić information content (AvgIpc) is 2.57. The van der Waals surface area contributed by atoms with Crippen molar-refractivity contribution in [2.24, 2.45) is 5.73 Å². The number of amides is 1. The van der Waals surface area contributed by atoms with Gasteiger partial charge < -0.3 is 15.4 Å². The number of nitrogens with zero attached hydrogens (tertiary/aromatic N) is 2. The normalized spacial score (nSPS) is 16.5. The molecule has 1 amide bonds. The van der Waals surface area contributed by atoms with Gasteiger partial charge >= 0.3 is 0 Å². The number of hydrogen-bond donors (Lipinski definition) is 1. The first-order valence-corrected chi connectivity index (χ1v) is 6.88. The van der Waals surface area contributed by atoms with Gasteiger partial charge in [-0.25, -0.2) is 5.06 Å². The topological polar surface area (TPSA) is 75.9 Å². The predicted molar refractivity (Wildman–Crippen MR) is 87.7 cm³/mol. The van der Waals surface area contributed by atoms with E-state index in [9.17, 15) is 4.79 Å². The van der Waals surface area contributed by atoms with Gasteiger partial charge in [0.05, 0.1) is 12.6 Å². The van der Waals surface area contributed by atoms with Gasteiger partial charge in [-0.1, -0.05) is 26.0 Å². The minimum atomic E-state index is 0.0150. The first kappa shape index (κ1) is 24.5. The van der Waals surface area contributed by atoms with Crippen LogP contribution in [0.15, 0.2) is 24.3 Å². The summed E-state index contributed by atoms with van der Waals surface area (Å²) in [6.45, 7) is 13.7. The van der Waals surface area contributed by atoms with Gasteiger partial charge in [0, 0.05) is 13.1 Å². The molecule has 0 aromatic heterocycles. The first-order valence-electron chi connectivity index (χ1n) is 6.88. The summed E-state index contributed by atoms with van der Waals surface area (Å²) in [6.07, 6.45) is 4.47. The maximum Gasteiger partial charge on any atom is 0.233 e. The van der Waals surface area contributed by atoms with E-state index in [1.807, 2.05) is 34.6 Å². The number of nitrogens with two attached hydrogens (primary N) is 1. The van der Waals surface area contributed by atoms with Gasteiger partial charge in [-0.15, -0.1) is 6.58 Å². The Kier molecular flexibility index (Phi) is 21.6. The molecule has 0 bridgehead atoms. The van der Waals surface area contributed by atoms with Gasteiger partial charge in [-0.2, -0.15) is 0 Å². The van der Waals surface area contributed by atoms with Crippen LogP contribution in [0.5, 0.6) is 0 Å². The molecule has 21 heavy (non-hydrogen) atoms. The SMILES string of the molecule is C=CCON(C=O)[C@H]1CN(C)CC=C1C.C=O.CC.CN. The Hall–Kier alpha value is -1.50. The highest BCUT2D eigenvalue weighted by Gasteiger charge is 2.24. The molecule has 1 aliphatic rings. The second-order valence-corrected chi connectivity index (χ2v) is 3.73. The van der Waals surface area contributed by atoms with Crippen LogP contribution in [0, 0.1) is 0 Å². The van der Waals surface area contributed by atoms with E-state index in [1.165, 1.54) is 17.7 Å². The highest BCUT2D eigenvalue weighted by atomic mass is 16.7. The summed E-state index contributed by atoms with van der Waals surface area (Å²) in [4.78, 5) is 26.3. The molecular weight excluding hydrogens is 270 g/mol. The average molecular weight is 301 g/mol. The van der Waals surface area contributed by atoms with Crippen molar-refractivity contribution in [2.75, 3.05) is 33.8 Å². The van der Waals surface area contributed by atoms with Gasteiger partial charge in [0.15, 0.2) is 0 Å². The van der Waals surface area contributed by atoms with Gasteiger partial charge in [0.25, 0.3) is 0 Å². The Bertz CT molecular complexity index is 283. The van der Waals surface area contributed by atoms with Crippen molar-refractivity contribution in [1.82, 2.24) is 9.96 Å². The van der Waals surface area contributed by atoms with E-state index in [-0.39, 0.29) is 6.04 Å². The van der Waals surface area contributed by atoms with Gasteiger partial charge in [-0.05, 0) is 26.6 Å². The van der Waals surface area contributed by atoms with E-state index in [0.29, 0.717) is 6.61 Å². The van der Waals surface area contributed by atoms with Crippen LogP contribution in [0.25, 0.3) is 0 Å². The standard InChI is InChI=1S/C11H18N2O2.C2H6.CH5N.CH2O/c1-4-7-15-13(9-14)11-8-12(3)6-5-10(11)2;3*1-2/h4-5,9,11H,1,6-8H2,2-3H3;1-2H3;2H2,1H3;1H2/t11-;;;/m0.../s1. The van der Waals surface area contributed by atoms with E-state index >= 15 is 0 Å². The van der Waals surface area contributed by atoms with Crippen molar-refractivity contribution < 1.29 is 14.4 Å². The molecule has 0 aliphatic carbocycles. The summed E-state index contributed by atoms with van der Waals surface area (Å²) in [6, 6.07) is 0.0150. The predicted octanol–water partition coefficient (Wildman–Crippen LogP) is 1.24. The van der Waals surface area contributed by atoms with Crippen LogP contribution in [-0.2, 0) is 14.4 Å². The van der Waals surface area contributed by atoms with Gasteiger partial charge in [0.1, 0.15) is 6.79 Å². The van der Waals surface area contributed by atoms with E-state index in [0.717, 1.165) is 19.5 Å². The minimum absolute atomic E-state index is 0.0150. The van der Waals surface area contributed by atoms with Crippen LogP contribution in [0.1, 0.15) is 20.8 Å². The number of hydroxylamine groups is 2. The maximum absolute atomic E-state index is 10.9. The molecule has 0 spiro atoms. The van der Waals surface area contributed by atoms with E-state index in [1.54, 1.807) is 6.08 Å². The lowest BCUT2D eigenvalue weighted by Gasteiger charge is -2.34. The van der Waals surface area contributed by atoms with Crippen molar-refractivity contribution in [2.45, 2.75) is 26.8 Å². The molecule has 1 rings (SSSR count). The van der Waals surface area contributed by atoms with Crippen LogP contribution in [-0.4, -0.2) is 63.0 Å².